The van der Waals surface area contributed by atoms with E-state index < -0.39 is 5.97 Å². The Morgan fingerprint density at radius 2 is 2.35 bits per heavy atom. The molecule has 0 spiro atoms. The van der Waals surface area contributed by atoms with Crippen LogP contribution in [0.25, 0.3) is 0 Å². The van der Waals surface area contributed by atoms with Crippen molar-refractivity contribution >= 4 is 28.1 Å². The second-order valence-electron chi connectivity index (χ2n) is 3.18. The van der Waals surface area contributed by atoms with E-state index in [0.717, 1.165) is 10.8 Å². The van der Waals surface area contributed by atoms with Crippen molar-refractivity contribution in [2.45, 2.75) is 0 Å². The van der Waals surface area contributed by atoms with Crippen LogP contribution in [0.1, 0.15) is 10.4 Å². The number of carboxylic acid groups (broad SMARTS) is 1. The van der Waals surface area contributed by atoms with Gasteiger partial charge < -0.3 is 15.2 Å². The molecule has 0 unspecified atom stereocenters. The second-order valence-corrected chi connectivity index (χ2v) is 4.08. The number of ether oxygens (including phenoxy) is 1. The van der Waals surface area contributed by atoms with Crippen LogP contribution >= 0.6 is 11.3 Å². The molecule has 0 fully saturated rings. The molecule has 5 nitrogen and oxygen atoms in total. The molecule has 1 aromatic heterocycles. The number of hydrogen-bond acceptors (Lipinski definition) is 5. The number of aromatic nitrogens is 1. The number of anilines is 2. The van der Waals surface area contributed by atoms with Crippen molar-refractivity contribution in [2.24, 2.45) is 0 Å². The normalized spacial score (nSPS) is 9.94. The summed E-state index contributed by atoms with van der Waals surface area (Å²) < 4.78 is 5.03. The lowest BCUT2D eigenvalue weighted by Gasteiger charge is -2.08. The molecule has 6 heteroatoms. The van der Waals surface area contributed by atoms with Crippen molar-refractivity contribution in [3.63, 3.8) is 0 Å². The lowest BCUT2D eigenvalue weighted by molar-refractivity contribution is 0.0693. The van der Waals surface area contributed by atoms with Crippen LogP contribution in [0.5, 0.6) is 5.75 Å². The van der Waals surface area contributed by atoms with Crippen molar-refractivity contribution in [3.05, 3.63) is 35.3 Å². The minimum atomic E-state index is -1.01. The van der Waals surface area contributed by atoms with E-state index in [0.29, 0.717) is 5.75 Å². The van der Waals surface area contributed by atoms with Crippen molar-refractivity contribution in [2.75, 3.05) is 12.4 Å². The number of thiazole rings is 1. The summed E-state index contributed by atoms with van der Waals surface area (Å²) in [5, 5.41) is 14.6. The number of nitrogens with zero attached hydrogens (tertiary/aromatic N) is 1. The molecule has 0 bridgehead atoms. The zero-order valence-corrected chi connectivity index (χ0v) is 9.82. The Hall–Kier alpha value is -2.08. The Morgan fingerprint density at radius 3 is 2.94 bits per heavy atom. The average Bonchev–Trinajstić information content (AvgIpc) is 2.81. The molecule has 0 amide bonds. The van der Waals surface area contributed by atoms with Gasteiger partial charge in [-0.05, 0) is 12.1 Å². The van der Waals surface area contributed by atoms with Crippen LogP contribution in [0.15, 0.2) is 29.8 Å². The van der Waals surface area contributed by atoms with Gasteiger partial charge in [-0.2, -0.15) is 0 Å². The third kappa shape index (κ3) is 2.54. The Bertz CT molecular complexity index is 526. The highest BCUT2D eigenvalue weighted by atomic mass is 32.1. The summed E-state index contributed by atoms with van der Waals surface area (Å²) in [7, 11) is 1.44. The van der Waals surface area contributed by atoms with Crippen LogP contribution in [0.2, 0.25) is 0 Å². The van der Waals surface area contributed by atoms with Crippen molar-refractivity contribution in [1.29, 1.82) is 0 Å². The first-order valence-electron chi connectivity index (χ1n) is 4.78. The third-order valence-electron chi connectivity index (χ3n) is 2.12. The average molecular weight is 250 g/mol. The molecule has 17 heavy (non-hydrogen) atoms. The molecule has 2 rings (SSSR count). The standard InChI is InChI=1S/C11H10N2O3S/c1-16-9-6-7(2-3-8(9)10(14)15)13-11-12-4-5-17-11/h2-6H,1H3,(H,12,13)(H,14,15). The van der Waals surface area contributed by atoms with Gasteiger partial charge in [0.05, 0.1) is 7.11 Å². The molecule has 0 aliphatic carbocycles. The first-order chi connectivity index (χ1) is 8.20. The fourth-order valence-corrected chi connectivity index (χ4v) is 1.90. The smallest absolute Gasteiger partial charge is 0.339 e. The molecule has 1 aromatic carbocycles. The zero-order valence-electron chi connectivity index (χ0n) is 9.01. The summed E-state index contributed by atoms with van der Waals surface area (Å²) in [6.07, 6.45) is 1.69. The minimum absolute atomic E-state index is 0.136. The van der Waals surface area contributed by atoms with Gasteiger partial charge in [-0.15, -0.1) is 11.3 Å². The highest BCUT2D eigenvalue weighted by Gasteiger charge is 2.11. The monoisotopic (exact) mass is 250 g/mol. The number of carbonyl (C=O) groups is 1. The maximum Gasteiger partial charge on any atom is 0.339 e. The molecular weight excluding hydrogens is 240 g/mol. The van der Waals surface area contributed by atoms with Crippen molar-refractivity contribution < 1.29 is 14.6 Å². The summed E-state index contributed by atoms with van der Waals surface area (Å²) in [6, 6.07) is 4.80. The van der Waals surface area contributed by atoms with Crippen LogP contribution < -0.4 is 10.1 Å². The molecule has 2 N–H and O–H groups in total. The molecule has 1 heterocycles. The van der Waals surface area contributed by atoms with Gasteiger partial charge >= 0.3 is 5.97 Å². The highest BCUT2D eigenvalue weighted by molar-refractivity contribution is 7.13. The van der Waals surface area contributed by atoms with Crippen LogP contribution in [0.3, 0.4) is 0 Å². The SMILES string of the molecule is COc1cc(Nc2nccs2)ccc1C(=O)O. The maximum absolute atomic E-state index is 10.9. The third-order valence-corrected chi connectivity index (χ3v) is 2.80. The van der Waals surface area contributed by atoms with E-state index in [1.54, 1.807) is 18.3 Å². The molecule has 0 aliphatic heterocycles. The summed E-state index contributed by atoms with van der Waals surface area (Å²) in [4.78, 5) is 15.0. The van der Waals surface area contributed by atoms with Crippen LogP contribution in [0.4, 0.5) is 10.8 Å². The highest BCUT2D eigenvalue weighted by Crippen LogP contribution is 2.26. The maximum atomic E-state index is 10.9. The van der Waals surface area contributed by atoms with Crippen molar-refractivity contribution in [1.82, 2.24) is 4.98 Å². The van der Waals surface area contributed by atoms with Crippen LogP contribution in [-0.4, -0.2) is 23.2 Å². The summed E-state index contributed by atoms with van der Waals surface area (Å²) in [5.41, 5.74) is 0.874. The zero-order chi connectivity index (χ0) is 12.3. The number of rotatable bonds is 4. The van der Waals surface area contributed by atoms with Gasteiger partial charge in [0.2, 0.25) is 0 Å². The van der Waals surface area contributed by atoms with Crippen molar-refractivity contribution in [3.8, 4) is 5.75 Å². The topological polar surface area (TPSA) is 71.5 Å². The summed E-state index contributed by atoms with van der Waals surface area (Å²) in [5.74, 6) is -0.693. The molecule has 0 saturated heterocycles. The predicted molar refractivity (Wildman–Crippen MR) is 65.4 cm³/mol. The van der Waals surface area contributed by atoms with Gasteiger partial charge in [0.25, 0.3) is 0 Å². The number of carboxylic acids is 1. The molecule has 88 valence electrons. The number of methoxy groups -OCH3 is 1. The van der Waals surface area contributed by atoms with E-state index in [-0.39, 0.29) is 5.56 Å². The Morgan fingerprint density at radius 1 is 1.53 bits per heavy atom. The molecule has 0 saturated carbocycles. The van der Waals surface area contributed by atoms with Gasteiger partial charge in [0.1, 0.15) is 11.3 Å². The van der Waals surface area contributed by atoms with Gasteiger partial charge in [0.15, 0.2) is 5.13 Å². The fourth-order valence-electron chi connectivity index (χ4n) is 1.35. The van der Waals surface area contributed by atoms with Gasteiger partial charge in [0, 0.05) is 23.3 Å². The Kier molecular flexibility index (Phi) is 3.24. The minimum Gasteiger partial charge on any atom is -0.496 e. The second kappa shape index (κ2) is 4.84. The first kappa shape index (κ1) is 11.4. The van der Waals surface area contributed by atoms with Gasteiger partial charge in [-0.3, -0.25) is 0 Å². The van der Waals surface area contributed by atoms with Gasteiger partial charge in [-0.1, -0.05) is 0 Å². The first-order valence-corrected chi connectivity index (χ1v) is 5.66. The molecule has 2 aromatic rings. The Balaban J connectivity index is 2.28. The fraction of sp³-hybridized carbons (Fsp3) is 0.0909. The lowest BCUT2D eigenvalue weighted by Crippen LogP contribution is -2.01. The van der Waals surface area contributed by atoms with E-state index in [4.69, 9.17) is 9.84 Å². The molecular formula is C11H10N2O3S. The predicted octanol–water partition coefficient (Wildman–Crippen LogP) is 2.59. The van der Waals surface area contributed by atoms with Crippen LogP contribution in [-0.2, 0) is 0 Å². The Labute approximate surface area is 102 Å². The molecule has 0 radical (unpaired) electrons. The molecule has 0 aliphatic rings. The number of benzene rings is 1. The van der Waals surface area contributed by atoms with Crippen LogP contribution in [0, 0.1) is 0 Å². The number of hydrogen-bond donors (Lipinski definition) is 2. The quantitative estimate of drug-likeness (QED) is 0.872. The number of aromatic carboxylic acids is 1. The lowest BCUT2D eigenvalue weighted by atomic mass is 10.2. The van der Waals surface area contributed by atoms with E-state index in [2.05, 4.69) is 10.3 Å². The van der Waals surface area contributed by atoms with E-state index in [9.17, 15) is 4.79 Å². The largest absolute Gasteiger partial charge is 0.496 e. The van der Waals surface area contributed by atoms with E-state index in [1.165, 1.54) is 24.5 Å². The van der Waals surface area contributed by atoms with Gasteiger partial charge in [-0.25, -0.2) is 9.78 Å². The molecule has 0 atom stereocenters. The summed E-state index contributed by atoms with van der Waals surface area (Å²) in [6.45, 7) is 0. The van der Waals surface area contributed by atoms with E-state index >= 15 is 0 Å². The number of nitrogens with one attached hydrogen (secondary N) is 1. The summed E-state index contributed by atoms with van der Waals surface area (Å²) >= 11 is 1.46. The van der Waals surface area contributed by atoms with E-state index in [1.807, 2.05) is 5.38 Å².